The summed E-state index contributed by atoms with van der Waals surface area (Å²) < 4.78 is 5.22. The summed E-state index contributed by atoms with van der Waals surface area (Å²) in [5, 5.41) is 7.62. The average molecular weight is 314 g/mol. The number of rotatable bonds is 6. The van der Waals surface area contributed by atoms with Gasteiger partial charge in [-0.05, 0) is 35.4 Å². The third-order valence-corrected chi connectivity index (χ3v) is 3.76. The van der Waals surface area contributed by atoms with Crippen LogP contribution in [-0.2, 0) is 9.59 Å². The second kappa shape index (κ2) is 7.63. The topological polar surface area (TPSA) is 67.4 Å². The minimum absolute atomic E-state index is 0.0526. The van der Waals surface area contributed by atoms with Gasteiger partial charge in [-0.2, -0.15) is 0 Å². The number of ether oxygens (including phenoxy) is 1. The Morgan fingerprint density at radius 3 is 2.39 bits per heavy atom. The number of carbonyl (C=O) groups is 2. The summed E-state index contributed by atoms with van der Waals surface area (Å²) in [6.07, 6.45) is 0. The third-order valence-electron chi connectivity index (χ3n) is 3.76. The van der Waals surface area contributed by atoms with E-state index >= 15 is 0 Å². The van der Waals surface area contributed by atoms with Gasteiger partial charge in [-0.1, -0.05) is 24.3 Å². The standard InChI is InChI=1S/C18H22N2O3/c1-12(18(22)20-9-8-19-13(2)21)14-4-5-16-11-17(23-3)7-6-15(16)10-14/h4-7,10-12H,8-9H2,1-3H3,(H,19,21)(H,20,22). The maximum Gasteiger partial charge on any atom is 0.227 e. The van der Waals surface area contributed by atoms with E-state index in [-0.39, 0.29) is 17.7 Å². The summed E-state index contributed by atoms with van der Waals surface area (Å²) in [7, 11) is 1.64. The molecule has 2 rings (SSSR count). The van der Waals surface area contributed by atoms with Crippen LogP contribution in [0.4, 0.5) is 0 Å². The predicted octanol–water partition coefficient (Wildman–Crippen LogP) is 2.20. The highest BCUT2D eigenvalue weighted by atomic mass is 16.5. The molecule has 0 spiro atoms. The molecule has 0 fully saturated rings. The zero-order chi connectivity index (χ0) is 16.8. The molecule has 5 heteroatoms. The SMILES string of the molecule is COc1ccc2cc(C(C)C(=O)NCCNC(C)=O)ccc2c1. The second-order valence-corrected chi connectivity index (χ2v) is 5.47. The van der Waals surface area contributed by atoms with E-state index in [1.54, 1.807) is 7.11 Å². The number of carbonyl (C=O) groups excluding carboxylic acids is 2. The summed E-state index contributed by atoms with van der Waals surface area (Å²) >= 11 is 0. The molecule has 0 saturated heterocycles. The summed E-state index contributed by atoms with van der Waals surface area (Å²) in [6, 6.07) is 11.8. The van der Waals surface area contributed by atoms with Gasteiger partial charge < -0.3 is 15.4 Å². The lowest BCUT2D eigenvalue weighted by Gasteiger charge is -2.14. The van der Waals surface area contributed by atoms with Gasteiger partial charge in [-0.15, -0.1) is 0 Å². The molecule has 2 aromatic rings. The van der Waals surface area contributed by atoms with Crippen LogP contribution in [0, 0.1) is 0 Å². The van der Waals surface area contributed by atoms with Crippen molar-refractivity contribution in [3.05, 3.63) is 42.0 Å². The number of methoxy groups -OCH3 is 1. The van der Waals surface area contributed by atoms with E-state index in [1.165, 1.54) is 6.92 Å². The van der Waals surface area contributed by atoms with Gasteiger partial charge >= 0.3 is 0 Å². The van der Waals surface area contributed by atoms with Crippen LogP contribution in [0.5, 0.6) is 5.75 Å². The number of nitrogens with one attached hydrogen (secondary N) is 2. The number of fused-ring (bicyclic) bond motifs is 1. The zero-order valence-electron chi connectivity index (χ0n) is 13.7. The largest absolute Gasteiger partial charge is 0.497 e. The lowest BCUT2D eigenvalue weighted by Crippen LogP contribution is -2.35. The molecule has 0 aromatic heterocycles. The smallest absolute Gasteiger partial charge is 0.227 e. The lowest BCUT2D eigenvalue weighted by atomic mass is 9.97. The molecular formula is C18H22N2O3. The van der Waals surface area contributed by atoms with Crippen LogP contribution in [0.2, 0.25) is 0 Å². The Bertz CT molecular complexity index is 712. The predicted molar refractivity (Wildman–Crippen MR) is 90.6 cm³/mol. The Labute approximate surface area is 136 Å². The van der Waals surface area contributed by atoms with Crippen molar-refractivity contribution in [1.82, 2.24) is 10.6 Å². The first-order chi connectivity index (χ1) is 11.0. The molecule has 2 N–H and O–H groups in total. The quantitative estimate of drug-likeness (QED) is 0.803. The van der Waals surface area contributed by atoms with Gasteiger partial charge in [0.1, 0.15) is 5.75 Å². The van der Waals surface area contributed by atoms with E-state index in [2.05, 4.69) is 10.6 Å². The molecule has 0 aliphatic rings. The van der Waals surface area contributed by atoms with E-state index in [0.29, 0.717) is 13.1 Å². The fourth-order valence-electron chi connectivity index (χ4n) is 2.37. The van der Waals surface area contributed by atoms with Crippen molar-refractivity contribution in [2.24, 2.45) is 0 Å². The van der Waals surface area contributed by atoms with E-state index in [1.807, 2.05) is 43.3 Å². The molecule has 23 heavy (non-hydrogen) atoms. The Balaban J connectivity index is 2.03. The first-order valence-electron chi connectivity index (χ1n) is 7.61. The van der Waals surface area contributed by atoms with Gasteiger partial charge in [0, 0.05) is 20.0 Å². The first-order valence-corrected chi connectivity index (χ1v) is 7.61. The molecule has 0 saturated carbocycles. The molecular weight excluding hydrogens is 292 g/mol. The monoisotopic (exact) mass is 314 g/mol. The minimum atomic E-state index is -0.251. The second-order valence-electron chi connectivity index (χ2n) is 5.47. The minimum Gasteiger partial charge on any atom is -0.497 e. The van der Waals surface area contributed by atoms with Crippen molar-refractivity contribution in [2.75, 3.05) is 20.2 Å². The van der Waals surface area contributed by atoms with E-state index in [0.717, 1.165) is 22.1 Å². The van der Waals surface area contributed by atoms with Crippen molar-refractivity contribution in [3.63, 3.8) is 0 Å². The molecule has 0 aliphatic heterocycles. The third kappa shape index (κ3) is 4.45. The number of benzene rings is 2. The molecule has 5 nitrogen and oxygen atoms in total. The van der Waals surface area contributed by atoms with Crippen LogP contribution in [0.1, 0.15) is 25.3 Å². The van der Waals surface area contributed by atoms with Crippen molar-refractivity contribution < 1.29 is 14.3 Å². The Hall–Kier alpha value is -2.56. The normalized spacial score (nSPS) is 11.8. The molecule has 2 aromatic carbocycles. The van der Waals surface area contributed by atoms with Crippen LogP contribution >= 0.6 is 0 Å². The summed E-state index contributed by atoms with van der Waals surface area (Å²) in [5.74, 6) is 0.410. The first kappa shape index (κ1) is 16.8. The van der Waals surface area contributed by atoms with Crippen LogP contribution in [0.25, 0.3) is 10.8 Å². The van der Waals surface area contributed by atoms with Crippen molar-refractivity contribution in [2.45, 2.75) is 19.8 Å². The summed E-state index contributed by atoms with van der Waals surface area (Å²) in [5.41, 5.74) is 0.958. The Morgan fingerprint density at radius 2 is 1.70 bits per heavy atom. The van der Waals surface area contributed by atoms with Crippen molar-refractivity contribution in [3.8, 4) is 5.75 Å². The maximum absolute atomic E-state index is 12.2. The molecule has 1 atom stereocenters. The van der Waals surface area contributed by atoms with Crippen LogP contribution in [-0.4, -0.2) is 32.0 Å². The summed E-state index contributed by atoms with van der Waals surface area (Å²) in [6.45, 7) is 4.19. The fourth-order valence-corrected chi connectivity index (χ4v) is 2.37. The number of amides is 2. The fraction of sp³-hybridized carbons (Fsp3) is 0.333. The van der Waals surface area contributed by atoms with Gasteiger partial charge in [0.15, 0.2) is 0 Å². The number of hydrogen-bond acceptors (Lipinski definition) is 3. The van der Waals surface area contributed by atoms with E-state index < -0.39 is 0 Å². The summed E-state index contributed by atoms with van der Waals surface area (Å²) in [4.78, 5) is 23.0. The zero-order valence-corrected chi connectivity index (χ0v) is 13.7. The Kier molecular flexibility index (Phi) is 5.57. The Morgan fingerprint density at radius 1 is 1.04 bits per heavy atom. The van der Waals surface area contributed by atoms with E-state index in [9.17, 15) is 9.59 Å². The number of hydrogen-bond donors (Lipinski definition) is 2. The van der Waals surface area contributed by atoms with Crippen LogP contribution < -0.4 is 15.4 Å². The highest BCUT2D eigenvalue weighted by Crippen LogP contribution is 2.25. The molecule has 1 unspecified atom stereocenters. The molecule has 0 aliphatic carbocycles. The van der Waals surface area contributed by atoms with Crippen LogP contribution in [0.3, 0.4) is 0 Å². The van der Waals surface area contributed by atoms with Crippen LogP contribution in [0.15, 0.2) is 36.4 Å². The van der Waals surface area contributed by atoms with Gasteiger partial charge in [-0.25, -0.2) is 0 Å². The van der Waals surface area contributed by atoms with Gasteiger partial charge in [-0.3, -0.25) is 9.59 Å². The average Bonchev–Trinajstić information content (AvgIpc) is 2.56. The molecule has 0 radical (unpaired) electrons. The van der Waals surface area contributed by atoms with Gasteiger partial charge in [0.25, 0.3) is 0 Å². The molecule has 2 amide bonds. The van der Waals surface area contributed by atoms with Gasteiger partial charge in [0.05, 0.1) is 13.0 Å². The maximum atomic E-state index is 12.2. The van der Waals surface area contributed by atoms with E-state index in [4.69, 9.17) is 4.74 Å². The molecule has 0 bridgehead atoms. The van der Waals surface area contributed by atoms with Crippen molar-refractivity contribution >= 4 is 22.6 Å². The van der Waals surface area contributed by atoms with Crippen molar-refractivity contribution in [1.29, 1.82) is 0 Å². The highest BCUT2D eigenvalue weighted by Gasteiger charge is 2.15. The molecule has 0 heterocycles. The van der Waals surface area contributed by atoms with Gasteiger partial charge in [0.2, 0.25) is 11.8 Å². The lowest BCUT2D eigenvalue weighted by molar-refractivity contribution is -0.123. The highest BCUT2D eigenvalue weighted by molar-refractivity contribution is 5.88. The molecule has 122 valence electrons.